The number of methoxy groups -OCH3 is 1. The summed E-state index contributed by atoms with van der Waals surface area (Å²) < 4.78 is 56.8. The van der Waals surface area contributed by atoms with Crippen LogP contribution in [-0.2, 0) is 42.8 Å². The maximum atomic E-state index is 12.9. The van der Waals surface area contributed by atoms with Gasteiger partial charge in [0.05, 0.1) is 24.8 Å². The van der Waals surface area contributed by atoms with E-state index < -0.39 is 142 Å². The first-order valence-corrected chi connectivity index (χ1v) is 21.8. The monoisotopic (exact) mass is 1020 g/mol. The Morgan fingerprint density at radius 1 is 0.653 bits per heavy atom. The molecule has 3 aliphatic rings. The highest BCUT2D eigenvalue weighted by Gasteiger charge is 2.52. The Labute approximate surface area is 405 Å². The number of carbonyl (C=O) groups is 3. The second kappa shape index (κ2) is 22.9. The summed E-state index contributed by atoms with van der Waals surface area (Å²) in [7, 11) is 1.32. The van der Waals surface area contributed by atoms with Gasteiger partial charge in [0.25, 0.3) is 0 Å². The van der Waals surface area contributed by atoms with Gasteiger partial charge in [-0.3, -0.25) is 9.59 Å². The highest BCUT2D eigenvalue weighted by atomic mass is 16.8. The first-order chi connectivity index (χ1) is 34.3. The fourth-order valence-electron chi connectivity index (χ4n) is 7.70. The number of benzene rings is 3. The summed E-state index contributed by atoms with van der Waals surface area (Å²) in [4.78, 5) is 35.8. The number of carboxylic acid groups (broad SMARTS) is 1. The molecule has 3 aromatic carbocycles. The number of rotatable bonds is 17. The van der Waals surface area contributed by atoms with Crippen molar-refractivity contribution < 1.29 is 128 Å². The van der Waals surface area contributed by atoms with Gasteiger partial charge in [0.2, 0.25) is 18.3 Å². The van der Waals surface area contributed by atoms with E-state index in [-0.39, 0.29) is 51.0 Å². The second-order valence-electron chi connectivity index (χ2n) is 16.5. The average Bonchev–Trinajstić information content (AvgIpc) is 3.35. The van der Waals surface area contributed by atoms with Gasteiger partial charge in [-0.05, 0) is 48.0 Å². The maximum Gasteiger partial charge on any atom is 0.402 e. The molecule has 3 fully saturated rings. The van der Waals surface area contributed by atoms with E-state index >= 15 is 0 Å². The summed E-state index contributed by atoms with van der Waals surface area (Å²) in [5.41, 5.74) is 0.396. The van der Waals surface area contributed by atoms with Gasteiger partial charge >= 0.3 is 29.3 Å². The summed E-state index contributed by atoms with van der Waals surface area (Å²) in [6.07, 6.45) is -27.4. The number of phenols is 3. The van der Waals surface area contributed by atoms with E-state index in [0.29, 0.717) is 5.56 Å². The summed E-state index contributed by atoms with van der Waals surface area (Å²) in [5.74, 6) is -5.41. The smallest absolute Gasteiger partial charge is 0.402 e. The van der Waals surface area contributed by atoms with Crippen molar-refractivity contribution in [3.8, 4) is 45.8 Å². The summed E-state index contributed by atoms with van der Waals surface area (Å²) >= 11 is 0. The van der Waals surface area contributed by atoms with Gasteiger partial charge in [0.1, 0.15) is 103 Å². The average molecular weight is 1020 g/mol. The van der Waals surface area contributed by atoms with Crippen LogP contribution >= 0.6 is 0 Å². The van der Waals surface area contributed by atoms with E-state index in [4.69, 9.17) is 52.2 Å². The topological polar surface area (TPSA) is 411 Å². The lowest BCUT2D eigenvalue weighted by Crippen LogP contribution is -2.65. The Kier molecular flexibility index (Phi) is 17.0. The number of phenolic OH excluding ortho intramolecular Hbond substituents is 3. The minimum absolute atomic E-state index is 0.111. The number of aliphatic carboxylic acids is 1. The lowest BCUT2D eigenvalue weighted by atomic mass is 9.97. The van der Waals surface area contributed by atoms with Crippen molar-refractivity contribution in [2.75, 3.05) is 26.9 Å². The molecular formula is C46H50O26. The van der Waals surface area contributed by atoms with Crippen LogP contribution < -0.4 is 19.3 Å². The fourth-order valence-corrected chi connectivity index (χ4v) is 7.70. The molecule has 0 aliphatic carbocycles. The van der Waals surface area contributed by atoms with Crippen LogP contribution in [-0.4, -0.2) is 198 Å². The van der Waals surface area contributed by atoms with Gasteiger partial charge in [-0.2, -0.15) is 0 Å². The van der Waals surface area contributed by atoms with Crippen LogP contribution in [0.1, 0.15) is 12.0 Å². The third-order valence-corrected chi connectivity index (χ3v) is 11.6. The Morgan fingerprint density at radius 3 is 1.93 bits per heavy atom. The van der Waals surface area contributed by atoms with Crippen LogP contribution in [0.5, 0.6) is 34.5 Å². The third-order valence-electron chi connectivity index (χ3n) is 11.6. The van der Waals surface area contributed by atoms with E-state index in [0.717, 1.165) is 18.2 Å². The predicted molar refractivity (Wildman–Crippen MR) is 232 cm³/mol. The fraction of sp³-hybridized carbons (Fsp3) is 0.435. The summed E-state index contributed by atoms with van der Waals surface area (Å²) in [6.45, 7) is -2.71. The number of hydrogen-bond acceptors (Lipinski definition) is 24. The van der Waals surface area contributed by atoms with Crippen LogP contribution in [0.4, 0.5) is 0 Å². The van der Waals surface area contributed by atoms with Crippen molar-refractivity contribution in [2.24, 2.45) is 0 Å². The number of carboxylic acids is 1. The van der Waals surface area contributed by atoms with E-state index in [1.807, 2.05) is 0 Å². The van der Waals surface area contributed by atoms with E-state index in [2.05, 4.69) is 0 Å². The molecule has 0 unspecified atom stereocenters. The molecule has 4 heterocycles. The molecule has 1 aromatic heterocycles. The Balaban J connectivity index is 1.24. The molecule has 3 aliphatic heterocycles. The highest BCUT2D eigenvalue weighted by molar-refractivity contribution is 5.90. The second-order valence-corrected chi connectivity index (χ2v) is 16.5. The molecule has 12 N–H and O–H groups in total. The molecule has 4 aromatic rings. The van der Waals surface area contributed by atoms with E-state index in [9.17, 15) is 75.7 Å². The molecular weight excluding hydrogens is 968 g/mol. The normalized spacial score (nSPS) is 30.7. The van der Waals surface area contributed by atoms with Gasteiger partial charge in [-0.1, -0.05) is 6.07 Å². The molecule has 26 nitrogen and oxygen atoms in total. The first kappa shape index (κ1) is 53.3. The van der Waals surface area contributed by atoms with Crippen LogP contribution in [0.3, 0.4) is 0 Å². The van der Waals surface area contributed by atoms with Gasteiger partial charge in [0, 0.05) is 18.2 Å². The lowest BCUT2D eigenvalue weighted by Gasteiger charge is -2.46. The molecule has 0 bridgehead atoms. The predicted octanol–water partition coefficient (Wildman–Crippen LogP) is -2.65. The zero-order valence-corrected chi connectivity index (χ0v) is 37.5. The van der Waals surface area contributed by atoms with Crippen molar-refractivity contribution in [1.82, 2.24) is 0 Å². The number of aliphatic hydroxyl groups is 8. The molecule has 390 valence electrons. The Bertz CT molecular complexity index is 2570. The summed E-state index contributed by atoms with van der Waals surface area (Å²) in [6, 6.07) is 12.8. The van der Waals surface area contributed by atoms with Crippen LogP contribution in [0, 0.1) is 0 Å². The van der Waals surface area contributed by atoms with Gasteiger partial charge in [-0.15, -0.1) is 6.61 Å². The number of carbonyl (C=O) groups excluding carboxylic acids is 2. The Morgan fingerprint density at radius 2 is 1.26 bits per heavy atom. The molecule has 7 rings (SSSR count). The largest absolute Gasteiger partial charge is 0.853 e. The first-order valence-electron chi connectivity index (χ1n) is 21.8. The zero-order chi connectivity index (χ0) is 52.1. The van der Waals surface area contributed by atoms with Gasteiger partial charge in [-0.25, -0.2) is 9.21 Å². The molecule has 72 heavy (non-hydrogen) atoms. The van der Waals surface area contributed by atoms with Crippen molar-refractivity contribution in [1.29, 1.82) is 0 Å². The van der Waals surface area contributed by atoms with Gasteiger partial charge in [0.15, 0.2) is 23.9 Å². The maximum absolute atomic E-state index is 12.9. The number of aromatic hydroxyl groups is 3. The number of aliphatic hydroxyl groups excluding tert-OH is 8. The number of fused-ring (bicyclic) bond motifs is 1. The van der Waals surface area contributed by atoms with Crippen molar-refractivity contribution >= 4 is 35.0 Å². The van der Waals surface area contributed by atoms with E-state index in [1.165, 1.54) is 61.7 Å². The molecule has 0 amide bonds. The van der Waals surface area contributed by atoms with Crippen molar-refractivity contribution in [3.63, 3.8) is 0 Å². The van der Waals surface area contributed by atoms with Gasteiger partial charge < -0.3 is 109 Å². The van der Waals surface area contributed by atoms with Crippen molar-refractivity contribution in [3.05, 3.63) is 72.3 Å². The van der Waals surface area contributed by atoms with E-state index in [1.54, 1.807) is 0 Å². The van der Waals surface area contributed by atoms with Crippen LogP contribution in [0.15, 0.2) is 71.2 Å². The summed E-state index contributed by atoms with van der Waals surface area (Å²) in [5, 5.41) is 139. The minimum atomic E-state index is -2.11. The SMILES string of the molecule is COc1cc(/C=C/C(=O)OC[C@H]2O[C@@H](Oc3cc4c(O[C@@H]5O[C@H](COC(=O)CC(=O)O)[C@@H](O)[C@H](O)[C@H]5O)cc(O)cc4[o+]c3-c3ccc(O)cc3)[C@H](O[C@@H]3O[C@H](C[O-])[C@@H](O)[C@H](O)[C@H]3O)[C@@H](O)[C@@H]2O)ccc1O. The van der Waals surface area contributed by atoms with Crippen LogP contribution in [0.2, 0.25) is 0 Å². The number of ether oxygens (including phenoxy) is 9. The quantitative estimate of drug-likeness (QED) is 0.0222. The molecule has 0 saturated carbocycles. The highest BCUT2D eigenvalue weighted by Crippen LogP contribution is 2.43. The molecule has 0 spiro atoms. The third kappa shape index (κ3) is 12.0. The zero-order valence-electron chi connectivity index (χ0n) is 37.5. The lowest BCUT2D eigenvalue weighted by molar-refractivity contribution is -0.421. The molecule has 0 radical (unpaired) electrons. The Hall–Kier alpha value is -6.50. The van der Waals surface area contributed by atoms with Crippen LogP contribution in [0.25, 0.3) is 28.4 Å². The van der Waals surface area contributed by atoms with Crippen molar-refractivity contribution in [2.45, 2.75) is 98.5 Å². The molecule has 3 saturated heterocycles. The number of esters is 2. The standard InChI is InChI=1S/C46H50O26/c1-63-26-10-18(2-8-23(26)50)3-9-32(53)64-16-30-36(57)39(60)43(72-45-41(62)37(58)34(55)28(15-47)69-45)46(71-30)68-27-13-22-24(66-42(27)19-4-6-20(48)7-5-19)11-21(49)12-25(22)67-44-40(61)38(59)35(56)29(70-44)17-65-33(54)14-31(51)52/h2-13,28-30,34-41,43-46,48-50,55-62H,14-17H2,1H3,(H,51,52)/b9-3+/t28-,29-,30-,34-,35-,36-,37+,38+,39+,40-,41-,43-,44-,45+,46-/m1/s1. The minimum Gasteiger partial charge on any atom is -0.853 e. The molecule has 15 atom stereocenters. The molecule has 26 heteroatoms. The number of hydrogen-bond donors (Lipinski definition) is 12.